The summed E-state index contributed by atoms with van der Waals surface area (Å²) in [6.07, 6.45) is 3.05. The maximum absolute atomic E-state index is 15.2. The first-order valence-electron chi connectivity index (χ1n) is 13.7. The molecular formula is C30H37ClFN5O4S. The minimum Gasteiger partial charge on any atom is -0.488 e. The van der Waals surface area contributed by atoms with E-state index >= 15 is 4.39 Å². The van der Waals surface area contributed by atoms with Crippen LogP contribution in [0.1, 0.15) is 48.5 Å². The van der Waals surface area contributed by atoms with E-state index in [1.54, 1.807) is 40.8 Å². The Kier molecular flexibility index (Phi) is 9.44. The van der Waals surface area contributed by atoms with E-state index in [9.17, 15) is 4.79 Å². The fourth-order valence-electron chi connectivity index (χ4n) is 4.51. The zero-order chi connectivity index (χ0) is 30.8. The molecule has 1 aromatic carbocycles. The highest BCUT2D eigenvalue weighted by molar-refractivity contribution is 7.18. The average Bonchev–Trinajstić information content (AvgIpc) is 3.50. The van der Waals surface area contributed by atoms with E-state index in [0.717, 1.165) is 11.4 Å². The molecule has 0 spiro atoms. The van der Waals surface area contributed by atoms with Crippen molar-refractivity contribution in [2.24, 2.45) is 0 Å². The third-order valence-corrected chi connectivity index (χ3v) is 7.83. The van der Waals surface area contributed by atoms with Crippen LogP contribution in [-0.2, 0) is 9.47 Å². The molecule has 0 aliphatic carbocycles. The average molecular weight is 618 g/mol. The maximum atomic E-state index is 15.2. The molecule has 4 rings (SSSR count). The molecule has 1 amide bonds. The van der Waals surface area contributed by atoms with Crippen molar-refractivity contribution in [3.05, 3.63) is 54.0 Å². The molecule has 1 aliphatic heterocycles. The van der Waals surface area contributed by atoms with Crippen molar-refractivity contribution in [3.63, 3.8) is 0 Å². The van der Waals surface area contributed by atoms with Gasteiger partial charge in [0.2, 0.25) is 0 Å². The van der Waals surface area contributed by atoms with Crippen molar-refractivity contribution in [2.45, 2.75) is 71.9 Å². The number of amides is 1. The predicted molar refractivity (Wildman–Crippen MR) is 164 cm³/mol. The van der Waals surface area contributed by atoms with Gasteiger partial charge in [0, 0.05) is 36.0 Å². The highest BCUT2D eigenvalue weighted by Gasteiger charge is 2.46. The predicted octanol–water partition coefficient (Wildman–Crippen LogP) is 7.21. The van der Waals surface area contributed by atoms with E-state index < -0.39 is 29.3 Å². The van der Waals surface area contributed by atoms with Gasteiger partial charge in [-0.05, 0) is 66.7 Å². The standard InChI is InChI=1S/C30H37ClFN5O4S/c1-9-12-36(18(2)3)25-11-10-19(15-33-25)26-34-35-27(42-26)21-13-23(32)24(14-22(21)31)39-16-20-17-40-30(7,8)37(20)28(38)41-29(4,5)6/h9-11,13-15,18,20H,1,12,16-17H2,2-8H3/t20-/m0/s1. The molecule has 1 aliphatic rings. The van der Waals surface area contributed by atoms with Gasteiger partial charge in [0.15, 0.2) is 11.6 Å². The molecule has 3 heterocycles. The monoisotopic (exact) mass is 617 g/mol. The van der Waals surface area contributed by atoms with Crippen LogP contribution in [0.25, 0.3) is 21.1 Å². The molecule has 2 aromatic heterocycles. The Morgan fingerprint density at radius 2 is 2.02 bits per heavy atom. The fourth-order valence-corrected chi connectivity index (χ4v) is 5.68. The molecule has 1 fully saturated rings. The molecule has 0 saturated carbocycles. The number of benzene rings is 1. The summed E-state index contributed by atoms with van der Waals surface area (Å²) in [6, 6.07) is 6.32. The van der Waals surface area contributed by atoms with E-state index in [0.29, 0.717) is 22.1 Å². The first-order chi connectivity index (χ1) is 19.7. The summed E-state index contributed by atoms with van der Waals surface area (Å²) in [5, 5.41) is 9.87. The van der Waals surface area contributed by atoms with E-state index in [1.165, 1.54) is 28.4 Å². The first kappa shape index (κ1) is 31.7. The molecule has 9 nitrogen and oxygen atoms in total. The topological polar surface area (TPSA) is 89.9 Å². The number of pyridine rings is 1. The van der Waals surface area contributed by atoms with Crippen LogP contribution in [0.15, 0.2) is 43.1 Å². The van der Waals surface area contributed by atoms with Crippen molar-refractivity contribution >= 4 is 34.8 Å². The lowest BCUT2D eigenvalue weighted by molar-refractivity contribution is -0.0637. The van der Waals surface area contributed by atoms with Gasteiger partial charge in [0.1, 0.15) is 33.8 Å². The Morgan fingerprint density at radius 1 is 1.31 bits per heavy atom. The molecule has 0 radical (unpaired) electrons. The summed E-state index contributed by atoms with van der Waals surface area (Å²) in [7, 11) is 0. The number of anilines is 1. The molecule has 0 N–H and O–H groups in total. The molecule has 0 unspecified atom stereocenters. The lowest BCUT2D eigenvalue weighted by Crippen LogP contribution is -2.51. The SMILES string of the molecule is C=CCN(c1ccc(-c2nnc(-c3cc(F)c(OC[C@H]4COC(C)(C)N4C(=O)OC(C)(C)C)cc3Cl)s2)cn1)C(C)C. The largest absolute Gasteiger partial charge is 0.488 e. The van der Waals surface area contributed by atoms with Gasteiger partial charge >= 0.3 is 6.09 Å². The molecule has 226 valence electrons. The molecule has 12 heteroatoms. The van der Waals surface area contributed by atoms with Crippen molar-refractivity contribution < 1.29 is 23.4 Å². The Morgan fingerprint density at radius 3 is 2.64 bits per heavy atom. The van der Waals surface area contributed by atoms with Crippen LogP contribution in [0, 0.1) is 5.82 Å². The van der Waals surface area contributed by atoms with Gasteiger partial charge in [-0.15, -0.1) is 16.8 Å². The number of nitrogens with zero attached hydrogens (tertiary/aromatic N) is 5. The summed E-state index contributed by atoms with van der Waals surface area (Å²) in [5.74, 6) is 0.174. The minimum atomic E-state index is -0.902. The number of rotatable bonds is 9. The van der Waals surface area contributed by atoms with Crippen LogP contribution >= 0.6 is 22.9 Å². The summed E-state index contributed by atoms with van der Waals surface area (Å²) in [5.41, 5.74) is -0.395. The molecule has 3 aromatic rings. The molecule has 1 saturated heterocycles. The number of hydrogen-bond donors (Lipinski definition) is 0. The Bertz CT molecular complexity index is 1420. The summed E-state index contributed by atoms with van der Waals surface area (Å²) < 4.78 is 32.4. The van der Waals surface area contributed by atoms with Crippen molar-refractivity contribution in [2.75, 3.05) is 24.7 Å². The number of hydrogen-bond acceptors (Lipinski definition) is 9. The maximum Gasteiger partial charge on any atom is 0.413 e. The van der Waals surface area contributed by atoms with Crippen molar-refractivity contribution in [3.8, 4) is 26.9 Å². The van der Waals surface area contributed by atoms with E-state index in [2.05, 4.69) is 40.5 Å². The zero-order valence-corrected chi connectivity index (χ0v) is 26.6. The molecule has 1 atom stereocenters. The van der Waals surface area contributed by atoms with Crippen LogP contribution in [0.3, 0.4) is 0 Å². The van der Waals surface area contributed by atoms with Crippen molar-refractivity contribution in [1.82, 2.24) is 20.1 Å². The van der Waals surface area contributed by atoms with E-state index in [-0.39, 0.29) is 30.0 Å². The number of carbonyl (C=O) groups excluding carboxylic acids is 1. The van der Waals surface area contributed by atoms with Gasteiger partial charge < -0.3 is 19.1 Å². The smallest absolute Gasteiger partial charge is 0.413 e. The number of halogens is 2. The minimum absolute atomic E-state index is 0.0117. The quantitative estimate of drug-likeness (QED) is 0.233. The van der Waals surface area contributed by atoms with E-state index in [1.807, 2.05) is 18.2 Å². The van der Waals surface area contributed by atoms with E-state index in [4.69, 9.17) is 25.8 Å². The summed E-state index contributed by atoms with van der Waals surface area (Å²) in [6.45, 7) is 17.8. The summed E-state index contributed by atoms with van der Waals surface area (Å²) >= 11 is 7.84. The van der Waals surface area contributed by atoms with Gasteiger partial charge in [-0.25, -0.2) is 14.2 Å². The van der Waals surface area contributed by atoms with Crippen LogP contribution in [0.2, 0.25) is 5.02 Å². The first-order valence-corrected chi connectivity index (χ1v) is 14.9. The van der Waals surface area contributed by atoms with Gasteiger partial charge in [0.25, 0.3) is 0 Å². The molecular weight excluding hydrogens is 581 g/mol. The van der Waals surface area contributed by atoms with Crippen LogP contribution in [0.4, 0.5) is 15.0 Å². The van der Waals surface area contributed by atoms with Crippen LogP contribution in [-0.4, -0.2) is 69.3 Å². The third kappa shape index (κ3) is 7.19. The highest BCUT2D eigenvalue weighted by atomic mass is 35.5. The highest BCUT2D eigenvalue weighted by Crippen LogP contribution is 2.38. The second-order valence-corrected chi connectivity index (χ2v) is 13.1. The number of aromatic nitrogens is 3. The normalized spacial score (nSPS) is 16.5. The lowest BCUT2D eigenvalue weighted by Gasteiger charge is -2.35. The zero-order valence-electron chi connectivity index (χ0n) is 25.0. The lowest BCUT2D eigenvalue weighted by atomic mass is 10.2. The summed E-state index contributed by atoms with van der Waals surface area (Å²) in [4.78, 5) is 21.1. The second-order valence-electron chi connectivity index (χ2n) is 11.7. The van der Waals surface area contributed by atoms with Crippen LogP contribution < -0.4 is 9.64 Å². The van der Waals surface area contributed by atoms with Gasteiger partial charge in [0.05, 0.1) is 17.7 Å². The molecule has 0 bridgehead atoms. The fraction of sp³-hybridized carbons (Fsp3) is 0.467. The Hall–Kier alpha value is -3.28. The van der Waals surface area contributed by atoms with Gasteiger partial charge in [-0.3, -0.25) is 4.90 Å². The second kappa shape index (κ2) is 12.5. The molecule has 42 heavy (non-hydrogen) atoms. The Balaban J connectivity index is 1.48. The van der Waals surface area contributed by atoms with Gasteiger partial charge in [-0.2, -0.15) is 0 Å². The third-order valence-electron chi connectivity index (χ3n) is 6.51. The number of ether oxygens (including phenoxy) is 3. The van der Waals surface area contributed by atoms with Crippen LogP contribution in [0.5, 0.6) is 5.75 Å². The Labute approximate surface area is 255 Å². The number of carbonyl (C=O) groups is 1. The van der Waals surface area contributed by atoms with Gasteiger partial charge in [-0.1, -0.05) is 29.0 Å². The van der Waals surface area contributed by atoms with Crippen molar-refractivity contribution in [1.29, 1.82) is 0 Å².